The van der Waals surface area contributed by atoms with Crippen LogP contribution in [0.1, 0.15) is 102 Å². The standard InChI is InChI=1S/C21H23FN6O.C20H24FN7O.C20H23FN6O.C20H22FN5O2/c1-4-12(2)27-8-14-10-28(11-15(14)9-27)20-18(22)16-6-23-21(29)17(16)19(25-20)13-5-24-26(3)7-13;1-4-12(2)28-7-5-6-13(11-28)24-19-17(21)15-9-22-20(29)16(15)18(26-19)25-14-8-23-27(3)10-14;1-4-12(2)27-7-5-6-14(11-27)24-19-17(21)15-9-22-20(28)16(15)18(25-19)13-8-23-26(3)10-13;1-4-12(2)26-7-5-6-14(10-26)25(3)19-17(21)15-9-22-20(27)16(15)18(24-19)13-8-23-28-11-13/h4-5,7,14-15H,1-2,6,8-11H2,3H3,(H,23,29);4,8,10,13H,1-2,5-7,9,11H2,3H3,(H,22,29)(H2,24,25,26);4,8,10,14H,1-2,5-7,9,11H2,3H3,(H,22,28)(H,24,25);4,8,11,14H,1-2,5-7,9-10H2,3H3,(H,22,27)/t;13-;2*14-/m.101/s1. The minimum atomic E-state index is -0.491. The molecule has 594 valence electrons. The Labute approximate surface area is 657 Å². The zero-order valence-electron chi connectivity index (χ0n) is 64.3. The van der Waals surface area contributed by atoms with Gasteiger partial charge in [-0.15, -0.1) is 0 Å². The molecule has 9 aliphatic heterocycles. The maximum absolute atomic E-state index is 15.4. The Morgan fingerprint density at radius 3 is 1.41 bits per heavy atom. The van der Waals surface area contributed by atoms with Crippen LogP contribution in [0.2, 0.25) is 0 Å². The number of aromatic nitrogens is 11. The Morgan fingerprint density at radius 2 is 0.930 bits per heavy atom. The normalized spacial score (nSPS) is 19.5. The van der Waals surface area contributed by atoms with E-state index in [1.165, 1.54) is 12.5 Å². The molecular formula is C81H92F4N24O5. The molecule has 8 aromatic rings. The van der Waals surface area contributed by atoms with Crippen molar-refractivity contribution in [1.82, 2.24) is 95.3 Å². The molecule has 0 saturated carbocycles. The number of halogens is 4. The molecule has 17 heterocycles. The second kappa shape index (κ2) is 32.8. The SMILES string of the molecule is C=CC(=C)N1CC2CN(c3nc(-c4cnn(C)c4)c4c(c3F)CNC4=O)CC2C1.C=CC(=C)N1CCC[C@@H](N(C)c2nc(-c3cnoc3)c3c(c2F)CNC3=O)C1.C=CC(=C)N1CCC[C@@H](Nc2nc(Nc3cnn(C)c3)c3c(c2F)CNC3=O)C1.C=CC(=C)N1CCC[C@H](Nc2nc(-c3cnn(C)c3)c3c(c2F)CNC3=O)C1. The highest BCUT2D eigenvalue weighted by Crippen LogP contribution is 2.42. The molecule has 5 atom stereocenters. The molecule has 4 amide bonds. The molecule has 9 aliphatic rings. The second-order valence-corrected chi connectivity index (χ2v) is 29.7. The van der Waals surface area contributed by atoms with Crippen molar-refractivity contribution in [2.75, 3.05) is 98.2 Å². The van der Waals surface area contributed by atoms with Crippen molar-refractivity contribution in [3.63, 3.8) is 0 Å². The van der Waals surface area contributed by atoms with Crippen LogP contribution in [0.5, 0.6) is 0 Å². The number of nitrogens with one attached hydrogen (secondary N) is 7. The highest BCUT2D eigenvalue weighted by atomic mass is 19.1. The molecule has 33 heteroatoms. The topological polar surface area (TPSA) is 303 Å². The van der Waals surface area contributed by atoms with E-state index < -0.39 is 23.3 Å². The number of carbonyl (C=O) groups excluding carboxylic acids is 4. The van der Waals surface area contributed by atoms with Crippen molar-refractivity contribution in [3.05, 3.63) is 217 Å². The van der Waals surface area contributed by atoms with Crippen molar-refractivity contribution < 1.29 is 41.3 Å². The fourth-order valence-corrected chi connectivity index (χ4v) is 16.2. The third-order valence-corrected chi connectivity index (χ3v) is 22.3. The van der Waals surface area contributed by atoms with Crippen LogP contribution in [-0.4, -0.2) is 188 Å². The van der Waals surface area contributed by atoms with Gasteiger partial charge in [-0.05, 0) is 62.8 Å². The van der Waals surface area contributed by atoms with E-state index in [4.69, 9.17) is 4.52 Å². The van der Waals surface area contributed by atoms with Gasteiger partial charge in [-0.25, -0.2) is 37.5 Å². The van der Waals surface area contributed by atoms with E-state index in [0.29, 0.717) is 110 Å². The molecule has 29 nitrogen and oxygen atoms in total. The number of likely N-dealkylation sites (N-methyl/N-ethyl adjacent to an activating group) is 1. The zero-order chi connectivity index (χ0) is 80.5. The monoisotopic (exact) mass is 1560 g/mol. The van der Waals surface area contributed by atoms with Crippen molar-refractivity contribution in [2.24, 2.45) is 33.0 Å². The number of fused-ring (bicyclic) bond motifs is 5. The van der Waals surface area contributed by atoms with E-state index in [2.05, 4.69) is 150 Å². The van der Waals surface area contributed by atoms with Crippen molar-refractivity contribution in [3.8, 4) is 33.8 Å². The number of piperidine rings is 3. The molecule has 0 radical (unpaired) electrons. The van der Waals surface area contributed by atoms with Gasteiger partial charge in [0.2, 0.25) is 0 Å². The quantitative estimate of drug-likeness (QED) is 0.0276. The molecule has 0 aromatic carbocycles. The molecule has 5 fully saturated rings. The summed E-state index contributed by atoms with van der Waals surface area (Å²) in [4.78, 5) is 79.8. The van der Waals surface area contributed by atoms with Gasteiger partial charge in [0.15, 0.2) is 46.5 Å². The summed E-state index contributed by atoms with van der Waals surface area (Å²) in [5.74, 6) is -1.02. The van der Waals surface area contributed by atoms with Crippen LogP contribution in [0.15, 0.2) is 154 Å². The summed E-state index contributed by atoms with van der Waals surface area (Å²) in [7, 11) is 7.22. The fraction of sp³-hybridized carbons (Fsp3) is 0.358. The minimum absolute atomic E-state index is 0.0109. The molecule has 0 spiro atoms. The van der Waals surface area contributed by atoms with Crippen molar-refractivity contribution >= 4 is 58.4 Å². The van der Waals surface area contributed by atoms with Crippen LogP contribution >= 0.6 is 0 Å². The molecular weight excluding hydrogens is 1470 g/mol. The number of pyridine rings is 4. The average molecular weight is 1560 g/mol. The lowest BCUT2D eigenvalue weighted by Gasteiger charge is -2.39. The number of amides is 4. The molecule has 0 bridgehead atoms. The third-order valence-electron chi connectivity index (χ3n) is 22.3. The number of anilines is 6. The number of carbonyl (C=O) groups is 4. The Bertz CT molecular complexity index is 5180. The smallest absolute Gasteiger partial charge is 0.255 e. The first-order valence-electron chi connectivity index (χ1n) is 37.8. The number of likely N-dealkylation sites (tertiary alicyclic amines) is 4. The van der Waals surface area contributed by atoms with E-state index in [-0.39, 0.29) is 96.5 Å². The summed E-state index contributed by atoms with van der Waals surface area (Å²) < 4.78 is 70.8. The van der Waals surface area contributed by atoms with Gasteiger partial charge in [0.05, 0.1) is 75.4 Å². The first-order valence-corrected chi connectivity index (χ1v) is 37.8. The summed E-state index contributed by atoms with van der Waals surface area (Å²) >= 11 is 0. The minimum Gasteiger partial charge on any atom is -0.371 e. The van der Waals surface area contributed by atoms with Crippen LogP contribution in [0, 0.1) is 35.1 Å². The predicted molar refractivity (Wildman–Crippen MR) is 425 cm³/mol. The van der Waals surface area contributed by atoms with Gasteiger partial charge in [-0.1, -0.05) is 57.8 Å². The van der Waals surface area contributed by atoms with Gasteiger partial charge in [0, 0.05) is 225 Å². The second-order valence-electron chi connectivity index (χ2n) is 29.7. The summed E-state index contributed by atoms with van der Waals surface area (Å²) in [6.07, 6.45) is 25.7. The number of allylic oxidation sites excluding steroid dienone is 4. The van der Waals surface area contributed by atoms with E-state index in [1.54, 1.807) is 96.7 Å². The Hall–Kier alpha value is -12.8. The summed E-state index contributed by atoms with van der Waals surface area (Å²) in [5, 5.41) is 36.5. The van der Waals surface area contributed by atoms with Crippen LogP contribution in [0.4, 0.5) is 52.3 Å². The van der Waals surface area contributed by atoms with Crippen molar-refractivity contribution in [2.45, 2.75) is 82.8 Å². The Balaban J connectivity index is 0.000000126. The van der Waals surface area contributed by atoms with Gasteiger partial charge in [0.1, 0.15) is 12.1 Å². The van der Waals surface area contributed by atoms with E-state index >= 15 is 17.6 Å². The first-order chi connectivity index (χ1) is 54.9. The average Bonchev–Trinajstić information content (AvgIpc) is 1.60. The van der Waals surface area contributed by atoms with Gasteiger partial charge in [-0.2, -0.15) is 15.3 Å². The lowest BCUT2D eigenvalue weighted by Crippen LogP contribution is -2.46. The molecule has 8 aromatic heterocycles. The number of hydrogen-bond acceptors (Lipinski definition) is 22. The van der Waals surface area contributed by atoms with E-state index in [9.17, 15) is 19.2 Å². The van der Waals surface area contributed by atoms with Crippen LogP contribution in [-0.2, 0) is 47.3 Å². The summed E-state index contributed by atoms with van der Waals surface area (Å²) in [6.45, 7) is 39.9. The van der Waals surface area contributed by atoms with Crippen LogP contribution in [0.25, 0.3) is 33.8 Å². The van der Waals surface area contributed by atoms with Gasteiger partial charge >= 0.3 is 0 Å². The third kappa shape index (κ3) is 15.6. The zero-order valence-corrected chi connectivity index (χ0v) is 64.3. The van der Waals surface area contributed by atoms with Gasteiger partial charge in [0.25, 0.3) is 23.6 Å². The molecule has 17 rings (SSSR count). The van der Waals surface area contributed by atoms with Crippen LogP contribution < -0.4 is 47.0 Å². The Morgan fingerprint density at radius 1 is 0.491 bits per heavy atom. The maximum Gasteiger partial charge on any atom is 0.255 e. The highest BCUT2D eigenvalue weighted by Gasteiger charge is 2.44. The lowest BCUT2D eigenvalue weighted by atomic mass is 10.0. The largest absolute Gasteiger partial charge is 0.371 e. The van der Waals surface area contributed by atoms with E-state index in [1.807, 2.05) is 16.8 Å². The number of hydrogen-bond donors (Lipinski definition) is 7. The molecule has 2 unspecified atom stereocenters. The molecule has 114 heavy (non-hydrogen) atoms. The Kier molecular flexibility index (Phi) is 22.4. The number of rotatable bonds is 20. The predicted octanol–water partition coefficient (Wildman–Crippen LogP) is 9.61. The van der Waals surface area contributed by atoms with Crippen molar-refractivity contribution in [1.29, 1.82) is 0 Å². The fourth-order valence-electron chi connectivity index (χ4n) is 16.2. The van der Waals surface area contributed by atoms with E-state index in [0.717, 1.165) is 113 Å². The van der Waals surface area contributed by atoms with Gasteiger partial charge < -0.3 is 71.1 Å². The summed E-state index contributed by atoms with van der Waals surface area (Å²) in [6, 6.07) is 0.0972. The molecule has 5 saturated heterocycles. The first kappa shape index (κ1) is 77.9. The number of aryl methyl sites for hydroxylation is 3. The summed E-state index contributed by atoms with van der Waals surface area (Å²) in [5.41, 5.74) is 9.99. The highest BCUT2D eigenvalue weighted by molar-refractivity contribution is 6.06. The van der Waals surface area contributed by atoms with Crippen LogP contribution in [0.3, 0.4) is 0 Å². The maximum atomic E-state index is 15.4. The molecule has 0 aliphatic carbocycles. The van der Waals surface area contributed by atoms with Gasteiger partial charge in [-0.3, -0.25) is 33.2 Å². The number of nitrogens with zero attached hydrogens (tertiary/aromatic N) is 17. The lowest BCUT2D eigenvalue weighted by molar-refractivity contribution is 0.0958. The molecule has 7 N–H and O–H groups in total.